The molecule has 4 rings (SSSR count). The highest BCUT2D eigenvalue weighted by Gasteiger charge is 2.28. The number of hydrogen-bond acceptors (Lipinski definition) is 4. The number of aromatic nitrogens is 3. The van der Waals surface area contributed by atoms with Crippen molar-refractivity contribution in [1.82, 2.24) is 14.5 Å². The fourth-order valence-corrected chi connectivity index (χ4v) is 3.63. The maximum absolute atomic E-state index is 10.2. The average Bonchev–Trinajstić information content (AvgIpc) is 3.10. The van der Waals surface area contributed by atoms with Crippen molar-refractivity contribution in [3.05, 3.63) is 36.3 Å². The number of hydrogen-bond donors (Lipinski definition) is 2. The van der Waals surface area contributed by atoms with Crippen LogP contribution in [0.4, 0.5) is 0 Å². The molecule has 0 unspecified atom stereocenters. The van der Waals surface area contributed by atoms with Gasteiger partial charge in [0.2, 0.25) is 0 Å². The number of para-hydroxylation sites is 1. The molecular formula is C17H20N4O. The molecule has 1 aromatic carbocycles. The monoisotopic (exact) mass is 296 g/mol. The minimum Gasteiger partial charge on any atom is -0.385 e. The van der Waals surface area contributed by atoms with E-state index in [9.17, 15) is 5.11 Å². The van der Waals surface area contributed by atoms with Crippen molar-refractivity contribution in [3.63, 3.8) is 0 Å². The van der Waals surface area contributed by atoms with Crippen molar-refractivity contribution < 1.29 is 5.11 Å². The van der Waals surface area contributed by atoms with E-state index in [4.69, 9.17) is 5.73 Å². The molecule has 3 atom stereocenters. The number of rotatable bonds is 2. The molecule has 2 aromatic heterocycles. The number of nitrogens with zero attached hydrogens (tertiary/aromatic N) is 3. The van der Waals surface area contributed by atoms with Crippen molar-refractivity contribution in [2.24, 2.45) is 5.73 Å². The molecule has 0 aliphatic heterocycles. The second-order valence-corrected chi connectivity index (χ2v) is 6.25. The van der Waals surface area contributed by atoms with Crippen LogP contribution >= 0.6 is 0 Å². The van der Waals surface area contributed by atoms with Crippen LogP contribution in [-0.4, -0.2) is 25.7 Å². The second kappa shape index (κ2) is 5.04. The van der Waals surface area contributed by atoms with Gasteiger partial charge in [0.05, 0.1) is 17.2 Å². The van der Waals surface area contributed by atoms with Gasteiger partial charge in [-0.05, 0) is 32.3 Å². The fourth-order valence-electron chi connectivity index (χ4n) is 3.63. The normalized spacial score (nSPS) is 23.4. The van der Waals surface area contributed by atoms with E-state index < -0.39 is 6.10 Å². The Hall–Kier alpha value is -1.98. The average molecular weight is 296 g/mol. The molecule has 0 saturated heterocycles. The summed E-state index contributed by atoms with van der Waals surface area (Å²) in [6.45, 7) is 1.77. The van der Waals surface area contributed by atoms with E-state index in [-0.39, 0.29) is 6.04 Å². The lowest BCUT2D eigenvalue weighted by molar-refractivity contribution is 0.181. The van der Waals surface area contributed by atoms with Gasteiger partial charge in [-0.3, -0.25) is 4.98 Å². The maximum Gasteiger partial charge on any atom is 0.138 e. The predicted molar refractivity (Wildman–Crippen MR) is 86.5 cm³/mol. The van der Waals surface area contributed by atoms with Crippen molar-refractivity contribution in [2.45, 2.75) is 44.4 Å². The van der Waals surface area contributed by atoms with E-state index in [1.54, 1.807) is 13.1 Å². The van der Waals surface area contributed by atoms with Crippen LogP contribution in [0.25, 0.3) is 21.9 Å². The number of imidazole rings is 1. The molecule has 2 heterocycles. The molecule has 0 spiro atoms. The lowest BCUT2D eigenvalue weighted by Gasteiger charge is -2.18. The summed E-state index contributed by atoms with van der Waals surface area (Å²) >= 11 is 0. The lowest BCUT2D eigenvalue weighted by Crippen LogP contribution is -2.17. The molecule has 0 bridgehead atoms. The van der Waals surface area contributed by atoms with Gasteiger partial charge in [0, 0.05) is 17.5 Å². The minimum atomic E-state index is -0.608. The topological polar surface area (TPSA) is 77.0 Å². The quantitative estimate of drug-likeness (QED) is 0.762. The zero-order valence-corrected chi connectivity index (χ0v) is 12.6. The maximum atomic E-state index is 10.2. The third-order valence-corrected chi connectivity index (χ3v) is 4.63. The van der Waals surface area contributed by atoms with E-state index in [1.807, 2.05) is 18.2 Å². The summed E-state index contributed by atoms with van der Waals surface area (Å²) < 4.78 is 2.21. The molecule has 0 radical (unpaired) electrons. The first-order valence-electron chi connectivity index (χ1n) is 7.84. The highest BCUT2D eigenvalue weighted by Crippen LogP contribution is 2.36. The van der Waals surface area contributed by atoms with Crippen LogP contribution in [0, 0.1) is 0 Å². The van der Waals surface area contributed by atoms with Gasteiger partial charge in [-0.15, -0.1) is 0 Å². The number of pyridine rings is 1. The van der Waals surface area contributed by atoms with Gasteiger partial charge in [-0.25, -0.2) is 4.98 Å². The molecule has 3 N–H and O–H groups in total. The molecule has 22 heavy (non-hydrogen) atoms. The molecule has 5 nitrogen and oxygen atoms in total. The van der Waals surface area contributed by atoms with E-state index in [0.29, 0.717) is 11.9 Å². The van der Waals surface area contributed by atoms with E-state index in [0.717, 1.165) is 41.2 Å². The van der Waals surface area contributed by atoms with Crippen LogP contribution in [0.5, 0.6) is 0 Å². The van der Waals surface area contributed by atoms with Gasteiger partial charge in [0.1, 0.15) is 17.4 Å². The Kier molecular flexibility index (Phi) is 3.13. The summed E-state index contributed by atoms with van der Waals surface area (Å²) in [5.74, 6) is 0.715. The predicted octanol–water partition coefficient (Wildman–Crippen LogP) is 2.69. The highest BCUT2D eigenvalue weighted by atomic mass is 16.3. The van der Waals surface area contributed by atoms with Crippen LogP contribution < -0.4 is 5.73 Å². The van der Waals surface area contributed by atoms with E-state index in [1.165, 1.54) is 0 Å². The Morgan fingerprint density at radius 3 is 2.82 bits per heavy atom. The number of aliphatic hydroxyl groups excluding tert-OH is 1. The van der Waals surface area contributed by atoms with Crippen LogP contribution in [0.3, 0.4) is 0 Å². The highest BCUT2D eigenvalue weighted by molar-refractivity contribution is 6.02. The van der Waals surface area contributed by atoms with Crippen LogP contribution in [0.1, 0.15) is 44.2 Å². The van der Waals surface area contributed by atoms with Crippen molar-refractivity contribution in [3.8, 4) is 0 Å². The first-order valence-corrected chi connectivity index (χ1v) is 7.84. The van der Waals surface area contributed by atoms with Gasteiger partial charge in [-0.1, -0.05) is 18.2 Å². The molecule has 1 fully saturated rings. The third kappa shape index (κ3) is 2.01. The van der Waals surface area contributed by atoms with Crippen LogP contribution in [0.2, 0.25) is 0 Å². The molecular weight excluding hydrogens is 276 g/mol. The van der Waals surface area contributed by atoms with Crippen molar-refractivity contribution in [1.29, 1.82) is 0 Å². The van der Waals surface area contributed by atoms with Gasteiger partial charge >= 0.3 is 0 Å². The lowest BCUT2D eigenvalue weighted by atomic mass is 10.1. The first kappa shape index (κ1) is 13.7. The molecule has 1 aliphatic carbocycles. The van der Waals surface area contributed by atoms with E-state index >= 15 is 0 Å². The van der Waals surface area contributed by atoms with Crippen LogP contribution in [0.15, 0.2) is 30.5 Å². The third-order valence-electron chi connectivity index (χ3n) is 4.63. The van der Waals surface area contributed by atoms with Gasteiger partial charge in [0.25, 0.3) is 0 Å². The minimum absolute atomic E-state index is 0.234. The molecule has 1 aliphatic rings. The van der Waals surface area contributed by atoms with Crippen LogP contribution in [-0.2, 0) is 0 Å². The zero-order valence-electron chi connectivity index (χ0n) is 12.6. The SMILES string of the molecule is C[C@@H](O)c1nc2cnc3ccccc3c2n1[C@@H]1CC[C@@H](N)C1. The summed E-state index contributed by atoms with van der Waals surface area (Å²) in [5, 5.41) is 11.3. The molecule has 114 valence electrons. The number of fused-ring (bicyclic) bond motifs is 3. The number of aliphatic hydroxyl groups is 1. The molecule has 1 saturated carbocycles. The Balaban J connectivity index is 2.05. The Morgan fingerprint density at radius 1 is 1.27 bits per heavy atom. The Labute approximate surface area is 128 Å². The Morgan fingerprint density at radius 2 is 2.09 bits per heavy atom. The summed E-state index contributed by atoms with van der Waals surface area (Å²) in [4.78, 5) is 9.12. The zero-order chi connectivity index (χ0) is 15.3. The van der Waals surface area contributed by atoms with Gasteiger partial charge < -0.3 is 15.4 Å². The molecule has 3 aromatic rings. The molecule has 0 amide bonds. The molecule has 5 heteroatoms. The van der Waals surface area contributed by atoms with Gasteiger partial charge in [0.15, 0.2) is 0 Å². The standard InChI is InChI=1S/C17H20N4O/c1-10(22)17-20-15-9-19-14-5-3-2-4-13(14)16(15)21(17)12-7-6-11(18)8-12/h2-5,9-12,22H,6-8,18H2,1H3/t10-,11-,12-/m1/s1. The van der Waals surface area contributed by atoms with E-state index in [2.05, 4.69) is 20.6 Å². The summed E-state index contributed by atoms with van der Waals surface area (Å²) in [7, 11) is 0. The van der Waals surface area contributed by atoms with Crippen molar-refractivity contribution in [2.75, 3.05) is 0 Å². The smallest absolute Gasteiger partial charge is 0.138 e. The van der Waals surface area contributed by atoms with Gasteiger partial charge in [-0.2, -0.15) is 0 Å². The number of nitrogens with two attached hydrogens (primary N) is 1. The summed E-state index contributed by atoms with van der Waals surface area (Å²) in [5.41, 5.74) is 8.97. The Bertz CT molecular complexity index is 839. The number of benzene rings is 1. The summed E-state index contributed by atoms with van der Waals surface area (Å²) in [6, 6.07) is 8.62. The fraction of sp³-hybridized carbons (Fsp3) is 0.412. The first-order chi connectivity index (χ1) is 10.6. The second-order valence-electron chi connectivity index (χ2n) is 6.25. The van der Waals surface area contributed by atoms with Crippen molar-refractivity contribution >= 4 is 21.9 Å². The largest absolute Gasteiger partial charge is 0.385 e. The summed E-state index contributed by atoms with van der Waals surface area (Å²) in [6.07, 6.45) is 4.18.